The van der Waals surface area contributed by atoms with Crippen molar-refractivity contribution >= 4 is 17.3 Å². The van der Waals surface area contributed by atoms with Gasteiger partial charge in [0.2, 0.25) is 0 Å². The number of esters is 1. The zero-order chi connectivity index (χ0) is 13.1. The molecule has 0 saturated heterocycles. The van der Waals surface area contributed by atoms with Crippen molar-refractivity contribution in [2.45, 2.75) is 13.3 Å². The van der Waals surface area contributed by atoms with E-state index in [2.05, 4.69) is 9.72 Å². The lowest BCUT2D eigenvalue weighted by Gasteiger charge is -2.00. The van der Waals surface area contributed by atoms with Gasteiger partial charge in [-0.2, -0.15) is 0 Å². The molecule has 0 saturated carbocycles. The second-order valence-corrected chi connectivity index (χ2v) is 4.74. The number of hydrogen-bond donors (Lipinski definition) is 0. The van der Waals surface area contributed by atoms with Crippen molar-refractivity contribution in [1.82, 2.24) is 4.98 Å². The van der Waals surface area contributed by atoms with Crippen molar-refractivity contribution in [3.05, 3.63) is 40.7 Å². The lowest BCUT2D eigenvalue weighted by Crippen LogP contribution is -2.04. The molecule has 2 rings (SSSR count). The average molecular weight is 265 g/mol. The number of halogens is 1. The highest BCUT2D eigenvalue weighted by atomic mass is 32.1. The number of carbonyl (C=O) groups is 1. The Balaban J connectivity index is 2.29. The van der Waals surface area contributed by atoms with Gasteiger partial charge in [0.15, 0.2) is 0 Å². The lowest BCUT2D eigenvalue weighted by molar-refractivity contribution is -0.139. The van der Waals surface area contributed by atoms with Gasteiger partial charge < -0.3 is 4.74 Å². The molecule has 94 valence electrons. The van der Waals surface area contributed by atoms with Crippen LogP contribution in [0.15, 0.2) is 23.6 Å². The van der Waals surface area contributed by atoms with Crippen LogP contribution in [0.2, 0.25) is 0 Å². The zero-order valence-electron chi connectivity index (χ0n) is 10.1. The van der Waals surface area contributed by atoms with Crippen molar-refractivity contribution in [3.63, 3.8) is 0 Å². The largest absolute Gasteiger partial charge is 0.469 e. The van der Waals surface area contributed by atoms with E-state index >= 15 is 0 Å². The maximum atomic E-state index is 13.7. The molecule has 1 aromatic carbocycles. The quantitative estimate of drug-likeness (QED) is 0.801. The molecule has 0 atom stereocenters. The number of nitrogens with zero attached hydrogens (tertiary/aromatic N) is 1. The number of rotatable bonds is 3. The number of aryl methyl sites for hydroxylation is 1. The summed E-state index contributed by atoms with van der Waals surface area (Å²) in [6, 6.07) is 4.88. The molecule has 0 unspecified atom stereocenters. The Labute approximate surface area is 108 Å². The van der Waals surface area contributed by atoms with E-state index in [0.717, 1.165) is 5.56 Å². The molecule has 5 heteroatoms. The number of benzene rings is 1. The number of ether oxygens (including phenoxy) is 1. The lowest BCUT2D eigenvalue weighted by atomic mass is 10.1. The second-order valence-electron chi connectivity index (χ2n) is 3.88. The minimum atomic E-state index is -0.350. The molecule has 3 nitrogen and oxygen atoms in total. The van der Waals surface area contributed by atoms with E-state index in [9.17, 15) is 9.18 Å². The number of carbonyl (C=O) groups excluding carboxylic acids is 1. The van der Waals surface area contributed by atoms with Gasteiger partial charge >= 0.3 is 5.97 Å². The molecule has 0 radical (unpaired) electrons. The molecule has 0 spiro atoms. The molecule has 0 bridgehead atoms. The number of methoxy groups -OCH3 is 1. The molecule has 18 heavy (non-hydrogen) atoms. The Morgan fingerprint density at radius 3 is 3.00 bits per heavy atom. The predicted molar refractivity (Wildman–Crippen MR) is 68.0 cm³/mol. The first-order chi connectivity index (χ1) is 8.60. The standard InChI is InChI=1S/C13H12FNO2S/c1-8-3-4-11(14)10(5-8)13-15-9(7-18-13)6-12(16)17-2/h3-5,7H,6H2,1-2H3. The summed E-state index contributed by atoms with van der Waals surface area (Å²) >= 11 is 1.32. The first-order valence-electron chi connectivity index (χ1n) is 5.38. The number of aromatic nitrogens is 1. The van der Waals surface area contributed by atoms with E-state index < -0.39 is 0 Å². The van der Waals surface area contributed by atoms with Crippen LogP contribution >= 0.6 is 11.3 Å². The number of thiazole rings is 1. The maximum absolute atomic E-state index is 13.7. The van der Waals surface area contributed by atoms with Crippen LogP contribution in [-0.2, 0) is 16.0 Å². The summed E-state index contributed by atoms with van der Waals surface area (Å²) in [6.07, 6.45) is 0.112. The highest BCUT2D eigenvalue weighted by Gasteiger charge is 2.12. The smallest absolute Gasteiger partial charge is 0.311 e. The Bertz CT molecular complexity index is 580. The Morgan fingerprint density at radius 1 is 1.50 bits per heavy atom. The minimum Gasteiger partial charge on any atom is -0.469 e. The SMILES string of the molecule is COC(=O)Cc1csc(-c2cc(C)ccc2F)n1. The average Bonchev–Trinajstić information content (AvgIpc) is 2.80. The van der Waals surface area contributed by atoms with Crippen molar-refractivity contribution in [2.24, 2.45) is 0 Å². The van der Waals surface area contributed by atoms with Crippen LogP contribution in [0, 0.1) is 12.7 Å². The van der Waals surface area contributed by atoms with E-state index in [1.165, 1.54) is 24.5 Å². The zero-order valence-corrected chi connectivity index (χ0v) is 10.9. The van der Waals surface area contributed by atoms with Crippen LogP contribution in [0.5, 0.6) is 0 Å². The van der Waals surface area contributed by atoms with Crippen molar-refractivity contribution in [1.29, 1.82) is 0 Å². The Kier molecular flexibility index (Phi) is 3.72. The Morgan fingerprint density at radius 2 is 2.28 bits per heavy atom. The minimum absolute atomic E-state index is 0.112. The fourth-order valence-corrected chi connectivity index (χ4v) is 2.37. The van der Waals surface area contributed by atoms with E-state index in [4.69, 9.17) is 0 Å². The molecule has 0 aliphatic rings. The van der Waals surface area contributed by atoms with Gasteiger partial charge in [-0.1, -0.05) is 11.6 Å². The van der Waals surface area contributed by atoms with Crippen LogP contribution in [0.4, 0.5) is 4.39 Å². The highest BCUT2D eigenvalue weighted by molar-refractivity contribution is 7.13. The van der Waals surface area contributed by atoms with Crippen molar-refractivity contribution in [3.8, 4) is 10.6 Å². The molecule has 0 fully saturated rings. The van der Waals surface area contributed by atoms with E-state index in [1.54, 1.807) is 17.5 Å². The van der Waals surface area contributed by atoms with E-state index in [-0.39, 0.29) is 18.2 Å². The summed E-state index contributed by atoms with van der Waals surface area (Å²) in [5, 5.41) is 2.32. The second kappa shape index (κ2) is 5.27. The van der Waals surface area contributed by atoms with Gasteiger partial charge in [0.1, 0.15) is 10.8 Å². The molecule has 0 aliphatic carbocycles. The van der Waals surface area contributed by atoms with Crippen LogP contribution in [-0.4, -0.2) is 18.1 Å². The molecule has 0 amide bonds. The van der Waals surface area contributed by atoms with Crippen molar-refractivity contribution in [2.75, 3.05) is 7.11 Å². The van der Waals surface area contributed by atoms with Crippen LogP contribution in [0.25, 0.3) is 10.6 Å². The van der Waals surface area contributed by atoms with Gasteiger partial charge in [-0.3, -0.25) is 4.79 Å². The monoisotopic (exact) mass is 265 g/mol. The molecular formula is C13H12FNO2S. The van der Waals surface area contributed by atoms with Gasteiger partial charge in [-0.25, -0.2) is 9.37 Å². The maximum Gasteiger partial charge on any atom is 0.311 e. The van der Waals surface area contributed by atoms with Gasteiger partial charge in [-0.05, 0) is 19.1 Å². The molecule has 0 aliphatic heterocycles. The van der Waals surface area contributed by atoms with Crippen molar-refractivity contribution < 1.29 is 13.9 Å². The topological polar surface area (TPSA) is 39.2 Å². The van der Waals surface area contributed by atoms with E-state index in [0.29, 0.717) is 16.3 Å². The third-order valence-corrected chi connectivity index (χ3v) is 3.38. The summed E-state index contributed by atoms with van der Waals surface area (Å²) in [7, 11) is 1.33. The molecule has 1 aromatic heterocycles. The normalized spacial score (nSPS) is 10.4. The predicted octanol–water partition coefficient (Wildman–Crippen LogP) is 2.97. The summed E-state index contributed by atoms with van der Waals surface area (Å²) in [4.78, 5) is 15.4. The third kappa shape index (κ3) is 2.73. The van der Waals surface area contributed by atoms with Gasteiger partial charge in [-0.15, -0.1) is 11.3 Å². The van der Waals surface area contributed by atoms with E-state index in [1.807, 2.05) is 6.92 Å². The third-order valence-electron chi connectivity index (χ3n) is 2.46. The fourth-order valence-electron chi connectivity index (χ4n) is 1.53. The Hall–Kier alpha value is -1.75. The number of hydrogen-bond acceptors (Lipinski definition) is 4. The van der Waals surface area contributed by atoms with Crippen LogP contribution in [0.1, 0.15) is 11.3 Å². The molecule has 0 N–H and O–H groups in total. The first-order valence-corrected chi connectivity index (χ1v) is 6.26. The summed E-state index contributed by atoms with van der Waals surface area (Å²) in [5.41, 5.74) is 2.04. The summed E-state index contributed by atoms with van der Waals surface area (Å²) in [5.74, 6) is -0.656. The summed E-state index contributed by atoms with van der Waals surface area (Å²) in [6.45, 7) is 1.89. The highest BCUT2D eigenvalue weighted by Crippen LogP contribution is 2.27. The van der Waals surface area contributed by atoms with Gasteiger partial charge in [0, 0.05) is 10.9 Å². The molecule has 1 heterocycles. The van der Waals surface area contributed by atoms with Gasteiger partial charge in [0.05, 0.1) is 19.2 Å². The molecular weight excluding hydrogens is 253 g/mol. The first kappa shape index (κ1) is 12.7. The van der Waals surface area contributed by atoms with Gasteiger partial charge in [0.25, 0.3) is 0 Å². The summed E-state index contributed by atoms with van der Waals surface area (Å²) < 4.78 is 18.2. The molecule has 2 aromatic rings. The fraction of sp³-hybridized carbons (Fsp3) is 0.231. The van der Waals surface area contributed by atoms with Crippen LogP contribution < -0.4 is 0 Å². The van der Waals surface area contributed by atoms with Crippen LogP contribution in [0.3, 0.4) is 0 Å².